The van der Waals surface area contributed by atoms with Gasteiger partial charge in [-0.3, -0.25) is 0 Å². The fourth-order valence-electron chi connectivity index (χ4n) is 2.52. The molecule has 1 aromatic carbocycles. The van der Waals surface area contributed by atoms with E-state index in [0.29, 0.717) is 31.1 Å². The van der Waals surface area contributed by atoms with Crippen LogP contribution in [0.3, 0.4) is 0 Å². The standard InChI is InChI=1S/C20H27F2N3O3/c1-3-11-23-20(24-12-10-16-8-6-13-27-16)25-14-15-7-5-9-17(26-4-2)18(15)28-19(21)22/h5-9,13,19H,3-4,10-12,14H2,1-2H3,(H2,23,24,25). The molecule has 0 saturated heterocycles. The fraction of sp³-hybridized carbons (Fsp3) is 0.450. The van der Waals surface area contributed by atoms with Crippen LogP contribution in [0.4, 0.5) is 8.78 Å². The highest BCUT2D eigenvalue weighted by Gasteiger charge is 2.15. The Morgan fingerprint density at radius 1 is 1.14 bits per heavy atom. The van der Waals surface area contributed by atoms with Crippen molar-refractivity contribution in [3.8, 4) is 11.5 Å². The van der Waals surface area contributed by atoms with Gasteiger partial charge in [-0.2, -0.15) is 8.78 Å². The number of alkyl halides is 2. The average molecular weight is 395 g/mol. The van der Waals surface area contributed by atoms with Gasteiger partial charge < -0.3 is 24.5 Å². The molecule has 0 amide bonds. The highest BCUT2D eigenvalue weighted by atomic mass is 19.3. The number of nitrogens with zero attached hydrogens (tertiary/aromatic N) is 1. The first-order valence-corrected chi connectivity index (χ1v) is 9.38. The quantitative estimate of drug-likeness (QED) is 0.445. The van der Waals surface area contributed by atoms with Crippen molar-refractivity contribution in [2.75, 3.05) is 19.7 Å². The summed E-state index contributed by atoms with van der Waals surface area (Å²) < 4.78 is 41.1. The van der Waals surface area contributed by atoms with Crippen LogP contribution in [0.2, 0.25) is 0 Å². The second-order valence-corrected chi connectivity index (χ2v) is 5.90. The minimum atomic E-state index is -2.94. The zero-order chi connectivity index (χ0) is 20.2. The predicted molar refractivity (Wildman–Crippen MR) is 104 cm³/mol. The van der Waals surface area contributed by atoms with Gasteiger partial charge in [0.25, 0.3) is 0 Å². The van der Waals surface area contributed by atoms with E-state index in [1.807, 2.05) is 19.1 Å². The summed E-state index contributed by atoms with van der Waals surface area (Å²) in [6, 6.07) is 8.79. The molecule has 2 rings (SSSR count). The molecule has 0 bridgehead atoms. The number of para-hydroxylation sites is 1. The third-order valence-corrected chi connectivity index (χ3v) is 3.76. The van der Waals surface area contributed by atoms with Crippen molar-refractivity contribution in [3.05, 3.63) is 47.9 Å². The van der Waals surface area contributed by atoms with E-state index >= 15 is 0 Å². The van der Waals surface area contributed by atoms with Crippen LogP contribution >= 0.6 is 0 Å². The molecule has 0 fully saturated rings. The molecule has 1 heterocycles. The Bertz CT molecular complexity index is 721. The van der Waals surface area contributed by atoms with E-state index in [9.17, 15) is 8.78 Å². The molecular formula is C20H27F2N3O3. The van der Waals surface area contributed by atoms with E-state index in [1.165, 1.54) is 0 Å². The third kappa shape index (κ3) is 7.09. The fourth-order valence-corrected chi connectivity index (χ4v) is 2.52. The maximum absolute atomic E-state index is 12.8. The Morgan fingerprint density at radius 2 is 1.96 bits per heavy atom. The Kier molecular flexibility index (Phi) is 9.10. The first-order valence-electron chi connectivity index (χ1n) is 9.38. The summed E-state index contributed by atoms with van der Waals surface area (Å²) in [6.45, 7) is 2.79. The smallest absolute Gasteiger partial charge is 0.387 e. The molecule has 0 atom stereocenters. The van der Waals surface area contributed by atoms with Gasteiger partial charge in [-0.15, -0.1) is 0 Å². The van der Waals surface area contributed by atoms with Crippen molar-refractivity contribution in [3.63, 3.8) is 0 Å². The molecule has 2 N–H and O–H groups in total. The Morgan fingerprint density at radius 3 is 2.64 bits per heavy atom. The van der Waals surface area contributed by atoms with Crippen LogP contribution in [0, 0.1) is 0 Å². The van der Waals surface area contributed by atoms with Crippen molar-refractivity contribution in [1.29, 1.82) is 0 Å². The number of ether oxygens (including phenoxy) is 2. The molecule has 8 heteroatoms. The van der Waals surface area contributed by atoms with Crippen LogP contribution < -0.4 is 20.1 Å². The van der Waals surface area contributed by atoms with Crippen molar-refractivity contribution in [1.82, 2.24) is 10.6 Å². The van der Waals surface area contributed by atoms with Crippen LogP contribution in [-0.4, -0.2) is 32.3 Å². The molecule has 28 heavy (non-hydrogen) atoms. The number of hydrogen-bond acceptors (Lipinski definition) is 4. The Labute approximate surface area is 163 Å². The monoisotopic (exact) mass is 395 g/mol. The zero-order valence-electron chi connectivity index (χ0n) is 16.2. The van der Waals surface area contributed by atoms with Gasteiger partial charge in [-0.25, -0.2) is 4.99 Å². The molecule has 0 aliphatic heterocycles. The molecular weight excluding hydrogens is 368 g/mol. The number of aliphatic imine (C=N–C) groups is 1. The van der Waals surface area contributed by atoms with Gasteiger partial charge in [-0.05, 0) is 31.5 Å². The molecule has 154 valence electrons. The number of benzene rings is 1. The molecule has 6 nitrogen and oxygen atoms in total. The predicted octanol–water partition coefficient (Wildman–Crippen LogP) is 3.97. The van der Waals surface area contributed by atoms with E-state index in [-0.39, 0.29) is 18.0 Å². The molecule has 0 spiro atoms. The average Bonchev–Trinajstić information content (AvgIpc) is 3.19. The number of rotatable bonds is 11. The summed E-state index contributed by atoms with van der Waals surface area (Å²) in [5.74, 6) is 1.77. The van der Waals surface area contributed by atoms with Gasteiger partial charge in [0.1, 0.15) is 5.76 Å². The molecule has 1 aromatic heterocycles. The molecule has 2 aromatic rings. The highest BCUT2D eigenvalue weighted by Crippen LogP contribution is 2.33. The van der Waals surface area contributed by atoms with Gasteiger partial charge in [0.2, 0.25) is 0 Å². The maximum Gasteiger partial charge on any atom is 0.387 e. The normalized spacial score (nSPS) is 11.5. The molecule has 0 aliphatic rings. The van der Waals surface area contributed by atoms with Crippen LogP contribution in [0.1, 0.15) is 31.6 Å². The summed E-state index contributed by atoms with van der Waals surface area (Å²) in [5.41, 5.74) is 0.523. The second kappa shape index (κ2) is 11.8. The lowest BCUT2D eigenvalue weighted by Crippen LogP contribution is -2.38. The Hall–Kier alpha value is -2.77. The number of hydrogen-bond donors (Lipinski definition) is 2. The van der Waals surface area contributed by atoms with Crippen LogP contribution in [-0.2, 0) is 13.0 Å². The third-order valence-electron chi connectivity index (χ3n) is 3.76. The maximum atomic E-state index is 12.8. The summed E-state index contributed by atoms with van der Waals surface area (Å²) in [7, 11) is 0. The summed E-state index contributed by atoms with van der Waals surface area (Å²) >= 11 is 0. The van der Waals surface area contributed by atoms with Gasteiger partial charge >= 0.3 is 6.61 Å². The van der Waals surface area contributed by atoms with Crippen molar-refractivity contribution < 1.29 is 22.7 Å². The minimum absolute atomic E-state index is 0.0218. The molecule has 0 saturated carbocycles. The summed E-state index contributed by atoms with van der Waals surface area (Å²) in [4.78, 5) is 4.50. The lowest BCUT2D eigenvalue weighted by Gasteiger charge is -2.15. The number of furan rings is 1. The van der Waals surface area contributed by atoms with E-state index in [4.69, 9.17) is 13.9 Å². The van der Waals surface area contributed by atoms with Gasteiger partial charge in [0, 0.05) is 25.1 Å². The molecule has 0 aliphatic carbocycles. The van der Waals surface area contributed by atoms with Crippen LogP contribution in [0.25, 0.3) is 0 Å². The van der Waals surface area contributed by atoms with Crippen LogP contribution in [0.15, 0.2) is 46.0 Å². The van der Waals surface area contributed by atoms with Crippen molar-refractivity contribution in [2.24, 2.45) is 4.99 Å². The first kappa shape index (κ1) is 21.5. The van der Waals surface area contributed by atoms with Crippen molar-refractivity contribution >= 4 is 5.96 Å². The van der Waals surface area contributed by atoms with E-state index in [2.05, 4.69) is 15.6 Å². The van der Waals surface area contributed by atoms with Gasteiger partial charge in [0.05, 0.1) is 19.4 Å². The first-order chi connectivity index (χ1) is 13.6. The largest absolute Gasteiger partial charge is 0.490 e. The summed E-state index contributed by atoms with van der Waals surface area (Å²) in [6.07, 6.45) is 3.27. The SMILES string of the molecule is CCCNC(=NCc1cccc(OCC)c1OC(F)F)NCCc1ccco1. The number of nitrogens with one attached hydrogen (secondary N) is 2. The van der Waals surface area contributed by atoms with Crippen molar-refractivity contribution in [2.45, 2.75) is 39.8 Å². The van der Waals surface area contributed by atoms with Gasteiger partial charge in [-0.1, -0.05) is 19.1 Å². The van der Waals surface area contributed by atoms with Gasteiger partial charge in [0.15, 0.2) is 17.5 Å². The molecule has 0 radical (unpaired) electrons. The van der Waals surface area contributed by atoms with E-state index < -0.39 is 6.61 Å². The van der Waals surface area contributed by atoms with E-state index in [0.717, 1.165) is 18.7 Å². The number of halogens is 2. The highest BCUT2D eigenvalue weighted by molar-refractivity contribution is 5.79. The minimum Gasteiger partial charge on any atom is -0.490 e. The zero-order valence-corrected chi connectivity index (χ0v) is 16.2. The lowest BCUT2D eigenvalue weighted by molar-refractivity contribution is -0.0520. The summed E-state index contributed by atoms with van der Waals surface area (Å²) in [5, 5.41) is 6.43. The Balaban J connectivity index is 2.09. The number of guanidine groups is 1. The lowest BCUT2D eigenvalue weighted by atomic mass is 10.2. The topological polar surface area (TPSA) is 68.0 Å². The van der Waals surface area contributed by atoms with Crippen LogP contribution in [0.5, 0.6) is 11.5 Å². The van der Waals surface area contributed by atoms with E-state index in [1.54, 1.807) is 31.4 Å². The second-order valence-electron chi connectivity index (χ2n) is 5.90. The molecule has 0 unspecified atom stereocenters.